The van der Waals surface area contributed by atoms with E-state index in [2.05, 4.69) is 25.6 Å². The number of rotatable bonds is 6. The monoisotopic (exact) mass is 375 g/mol. The Morgan fingerprint density at radius 2 is 1.85 bits per heavy atom. The predicted molar refractivity (Wildman–Crippen MR) is 97.6 cm³/mol. The molecule has 27 heavy (non-hydrogen) atoms. The Morgan fingerprint density at radius 3 is 2.44 bits per heavy atom. The minimum atomic E-state index is -0.867. The molecule has 8 nitrogen and oxygen atoms in total. The van der Waals surface area contributed by atoms with Gasteiger partial charge in [-0.15, -0.1) is 0 Å². The molecule has 3 aromatic rings. The topological polar surface area (TPSA) is 111 Å². The van der Waals surface area contributed by atoms with E-state index in [1.54, 1.807) is 6.92 Å². The number of halogens is 2. The first-order chi connectivity index (χ1) is 12.8. The van der Waals surface area contributed by atoms with Crippen LogP contribution in [-0.2, 0) is 4.79 Å². The van der Waals surface area contributed by atoms with E-state index in [4.69, 9.17) is 5.73 Å². The summed E-state index contributed by atoms with van der Waals surface area (Å²) in [5.41, 5.74) is 5.70. The van der Waals surface area contributed by atoms with E-state index in [-0.39, 0.29) is 17.7 Å². The summed E-state index contributed by atoms with van der Waals surface area (Å²) in [6.07, 6.45) is 1.46. The number of primary amides is 1. The van der Waals surface area contributed by atoms with Crippen LogP contribution in [0.2, 0.25) is 0 Å². The maximum atomic E-state index is 14.0. The molecule has 0 aliphatic rings. The number of nitrogens with one attached hydrogen (secondary N) is 2. The van der Waals surface area contributed by atoms with Gasteiger partial charge < -0.3 is 16.4 Å². The molecule has 0 saturated carbocycles. The Hall–Kier alpha value is -3.30. The normalized spacial score (nSPS) is 12.4. The van der Waals surface area contributed by atoms with E-state index in [1.165, 1.54) is 16.8 Å². The second-order valence-electron chi connectivity index (χ2n) is 6.31. The molecule has 0 fully saturated rings. The number of amides is 1. The molecule has 0 radical (unpaired) electrons. The number of nitrogens with two attached hydrogens (primary N) is 1. The van der Waals surface area contributed by atoms with E-state index in [0.29, 0.717) is 17.1 Å². The highest BCUT2D eigenvalue weighted by atomic mass is 19.1. The zero-order valence-electron chi connectivity index (χ0n) is 15.0. The molecule has 0 saturated heterocycles. The quantitative estimate of drug-likeness (QED) is 0.611. The van der Waals surface area contributed by atoms with Gasteiger partial charge in [-0.05, 0) is 32.9 Å². The zero-order chi connectivity index (χ0) is 19.7. The van der Waals surface area contributed by atoms with Crippen molar-refractivity contribution in [2.24, 2.45) is 5.73 Å². The van der Waals surface area contributed by atoms with Gasteiger partial charge in [0.05, 0.1) is 6.20 Å². The van der Waals surface area contributed by atoms with Crippen molar-refractivity contribution in [1.29, 1.82) is 0 Å². The number of imidazole rings is 1. The molecule has 1 aromatic carbocycles. The van der Waals surface area contributed by atoms with E-state index in [1.807, 2.05) is 13.8 Å². The van der Waals surface area contributed by atoms with Gasteiger partial charge in [-0.3, -0.25) is 9.36 Å². The molecule has 3 rings (SSSR count). The third-order valence-corrected chi connectivity index (χ3v) is 3.85. The number of carbonyl (C=O) groups is 1. The van der Waals surface area contributed by atoms with Gasteiger partial charge in [0, 0.05) is 6.04 Å². The first kappa shape index (κ1) is 18.5. The number of benzene rings is 1. The van der Waals surface area contributed by atoms with Gasteiger partial charge in [0.2, 0.25) is 17.8 Å². The molecule has 0 bridgehead atoms. The maximum absolute atomic E-state index is 14.0. The Morgan fingerprint density at radius 1 is 1.19 bits per heavy atom. The molecule has 1 atom stereocenters. The summed E-state index contributed by atoms with van der Waals surface area (Å²) in [6, 6.07) is 2.69. The van der Waals surface area contributed by atoms with Crippen LogP contribution >= 0.6 is 0 Å². The minimum Gasteiger partial charge on any atom is -0.368 e. The molecule has 0 aliphatic heterocycles. The predicted octanol–water partition coefficient (Wildman–Crippen LogP) is 2.71. The summed E-state index contributed by atoms with van der Waals surface area (Å²) < 4.78 is 29.4. The first-order valence-corrected chi connectivity index (χ1v) is 8.29. The van der Waals surface area contributed by atoms with Crippen LogP contribution in [0.5, 0.6) is 0 Å². The fourth-order valence-corrected chi connectivity index (χ4v) is 2.53. The molecule has 10 heteroatoms. The van der Waals surface area contributed by atoms with Gasteiger partial charge in [-0.2, -0.15) is 4.98 Å². The first-order valence-electron chi connectivity index (χ1n) is 8.29. The number of hydrogen-bond donors (Lipinski definition) is 3. The number of carbonyl (C=O) groups excluding carboxylic acids is 1. The van der Waals surface area contributed by atoms with Gasteiger partial charge in [-0.25, -0.2) is 18.7 Å². The molecule has 1 unspecified atom stereocenters. The maximum Gasteiger partial charge on any atom is 0.240 e. The molecule has 4 N–H and O–H groups in total. The van der Waals surface area contributed by atoms with Crippen LogP contribution < -0.4 is 16.4 Å². The van der Waals surface area contributed by atoms with Gasteiger partial charge in [0.1, 0.15) is 28.9 Å². The lowest BCUT2D eigenvalue weighted by molar-refractivity contribution is -0.120. The van der Waals surface area contributed by atoms with E-state index in [9.17, 15) is 13.6 Å². The lowest BCUT2D eigenvalue weighted by atomic mass is 10.3. The standard InChI is InChI=1S/C17H19F2N7O/c1-8(2)22-16-21-7-12-15(25-16)26(9(3)14(20)27)17(23-12)24-13-10(18)5-4-6-11(13)19/h4-9H,1-3H3,(H2,20,27)(H,23,24)(H,21,22,25). The molecular weight excluding hydrogens is 356 g/mol. The summed E-state index contributed by atoms with van der Waals surface area (Å²) in [5, 5.41) is 5.65. The lowest BCUT2D eigenvalue weighted by Gasteiger charge is -2.15. The molecule has 0 spiro atoms. The van der Waals surface area contributed by atoms with Crippen molar-refractivity contribution in [3.05, 3.63) is 36.0 Å². The Balaban J connectivity index is 2.16. The highest BCUT2D eigenvalue weighted by molar-refractivity contribution is 5.83. The lowest BCUT2D eigenvalue weighted by Crippen LogP contribution is -2.25. The molecule has 2 aromatic heterocycles. The summed E-state index contributed by atoms with van der Waals surface area (Å²) in [6.45, 7) is 5.39. The number of aromatic nitrogens is 4. The third kappa shape index (κ3) is 3.64. The van der Waals surface area contributed by atoms with E-state index in [0.717, 1.165) is 12.1 Å². The van der Waals surface area contributed by atoms with Crippen molar-refractivity contribution >= 4 is 34.7 Å². The number of para-hydroxylation sites is 1. The highest BCUT2D eigenvalue weighted by Crippen LogP contribution is 2.28. The van der Waals surface area contributed by atoms with Gasteiger partial charge in [0.15, 0.2) is 5.65 Å². The average Bonchev–Trinajstić information content (AvgIpc) is 2.94. The molecule has 0 aliphatic carbocycles. The molecule has 142 valence electrons. The van der Waals surface area contributed by atoms with E-state index >= 15 is 0 Å². The number of nitrogens with zero attached hydrogens (tertiary/aromatic N) is 4. The average molecular weight is 375 g/mol. The van der Waals surface area contributed by atoms with Gasteiger partial charge in [0.25, 0.3) is 0 Å². The fourth-order valence-electron chi connectivity index (χ4n) is 2.53. The highest BCUT2D eigenvalue weighted by Gasteiger charge is 2.23. The van der Waals surface area contributed by atoms with Crippen LogP contribution in [0, 0.1) is 11.6 Å². The third-order valence-electron chi connectivity index (χ3n) is 3.85. The molecule has 1 amide bonds. The number of anilines is 3. The van der Waals surface area contributed by atoms with Crippen LogP contribution in [0.3, 0.4) is 0 Å². The van der Waals surface area contributed by atoms with E-state index < -0.39 is 23.6 Å². The van der Waals surface area contributed by atoms with Crippen LogP contribution in [0.1, 0.15) is 26.8 Å². The largest absolute Gasteiger partial charge is 0.368 e. The van der Waals surface area contributed by atoms with Crippen molar-refractivity contribution in [1.82, 2.24) is 19.5 Å². The van der Waals surface area contributed by atoms with Gasteiger partial charge >= 0.3 is 0 Å². The SMILES string of the molecule is CC(C)Nc1ncc2nc(Nc3c(F)cccc3F)n(C(C)C(N)=O)c2n1. The minimum absolute atomic E-state index is 0.0243. The smallest absolute Gasteiger partial charge is 0.240 e. The summed E-state index contributed by atoms with van der Waals surface area (Å²) in [4.78, 5) is 24.6. The van der Waals surface area contributed by atoms with Crippen molar-refractivity contribution < 1.29 is 13.6 Å². The van der Waals surface area contributed by atoms with Crippen molar-refractivity contribution in [2.45, 2.75) is 32.9 Å². The summed E-state index contributed by atoms with van der Waals surface area (Å²) >= 11 is 0. The van der Waals surface area contributed by atoms with Crippen LogP contribution in [-0.4, -0.2) is 31.5 Å². The van der Waals surface area contributed by atoms with Crippen LogP contribution in [0.4, 0.5) is 26.4 Å². The second-order valence-corrected chi connectivity index (χ2v) is 6.31. The Labute approximate surface area is 153 Å². The number of fused-ring (bicyclic) bond motifs is 1. The van der Waals surface area contributed by atoms with Crippen molar-refractivity contribution in [2.75, 3.05) is 10.6 Å². The fraction of sp³-hybridized carbons (Fsp3) is 0.294. The second kappa shape index (κ2) is 7.14. The Kier molecular flexibility index (Phi) is 4.89. The summed E-state index contributed by atoms with van der Waals surface area (Å²) in [7, 11) is 0. The van der Waals surface area contributed by atoms with Crippen molar-refractivity contribution in [3.8, 4) is 0 Å². The molecular formula is C17H19F2N7O. The molecule has 2 heterocycles. The summed E-state index contributed by atoms with van der Waals surface area (Å²) in [5.74, 6) is -1.89. The van der Waals surface area contributed by atoms with Crippen LogP contribution in [0.15, 0.2) is 24.4 Å². The van der Waals surface area contributed by atoms with Gasteiger partial charge in [-0.1, -0.05) is 6.07 Å². The Bertz CT molecular complexity index is 982. The zero-order valence-corrected chi connectivity index (χ0v) is 15.0. The van der Waals surface area contributed by atoms with Crippen LogP contribution in [0.25, 0.3) is 11.2 Å². The van der Waals surface area contributed by atoms with Crippen molar-refractivity contribution in [3.63, 3.8) is 0 Å². The number of hydrogen-bond acceptors (Lipinski definition) is 6.